The lowest BCUT2D eigenvalue weighted by atomic mass is 9.82. The van der Waals surface area contributed by atoms with Crippen molar-refractivity contribution in [3.8, 4) is 5.75 Å². The van der Waals surface area contributed by atoms with E-state index in [9.17, 15) is 19.5 Å². The predicted molar refractivity (Wildman–Crippen MR) is 165 cm³/mol. The van der Waals surface area contributed by atoms with Crippen molar-refractivity contribution in [3.05, 3.63) is 48.0 Å². The molecular formula is C32H41N3O7Si. The summed E-state index contributed by atoms with van der Waals surface area (Å²) >= 11 is 0. The lowest BCUT2D eigenvalue weighted by molar-refractivity contribution is -0.149. The molecule has 0 aliphatic carbocycles. The number of carbonyl (C=O) groups is 3. The van der Waals surface area contributed by atoms with Crippen LogP contribution in [0.4, 0.5) is 16.2 Å². The third kappa shape index (κ3) is 4.55. The number of fused-ring (bicyclic) bond motifs is 2. The van der Waals surface area contributed by atoms with Gasteiger partial charge >= 0.3 is 6.09 Å². The van der Waals surface area contributed by atoms with Crippen molar-refractivity contribution in [2.75, 3.05) is 50.3 Å². The summed E-state index contributed by atoms with van der Waals surface area (Å²) in [4.78, 5) is 45.6. The summed E-state index contributed by atoms with van der Waals surface area (Å²) in [7, 11) is 0.985. The van der Waals surface area contributed by atoms with Crippen LogP contribution in [0.25, 0.3) is 0 Å². The van der Waals surface area contributed by atoms with Gasteiger partial charge in [0, 0.05) is 30.8 Å². The molecule has 1 N–H and O–H groups in total. The van der Waals surface area contributed by atoms with Crippen LogP contribution in [0, 0.1) is 5.92 Å². The molecule has 4 aliphatic heterocycles. The Morgan fingerprint density at radius 2 is 1.88 bits per heavy atom. The Morgan fingerprint density at radius 1 is 1.14 bits per heavy atom. The zero-order chi connectivity index (χ0) is 30.7. The fraction of sp³-hybridized carbons (Fsp3) is 0.531. The number of hydrogen-bond acceptors (Lipinski definition) is 7. The third-order valence-electron chi connectivity index (χ3n) is 10.3. The zero-order valence-corrected chi connectivity index (χ0v) is 26.5. The molecule has 6 rings (SSSR count). The third-order valence-corrected chi connectivity index (χ3v) is 14.7. The Balaban J connectivity index is 1.44. The van der Waals surface area contributed by atoms with E-state index in [1.54, 1.807) is 28.9 Å². The van der Waals surface area contributed by atoms with Gasteiger partial charge < -0.3 is 29.1 Å². The van der Waals surface area contributed by atoms with E-state index in [2.05, 4.69) is 32.2 Å². The maximum absolute atomic E-state index is 14.3. The SMILES string of the molecule is COc1ccc([Si](C)(C)[C@@H]2[C@@H](CC(=O)N3CCC[C@H]3CO)O[C@]3(C(=O)N(C)c4ccc(N5CCOC5=O)cc43)[C@H]2C)cc1. The van der Waals surface area contributed by atoms with Crippen LogP contribution in [-0.4, -0.2) is 88.6 Å². The van der Waals surface area contributed by atoms with Gasteiger partial charge in [0.15, 0.2) is 5.60 Å². The number of amides is 3. The van der Waals surface area contributed by atoms with Crippen molar-refractivity contribution < 1.29 is 33.7 Å². The van der Waals surface area contributed by atoms with E-state index < -0.39 is 25.9 Å². The van der Waals surface area contributed by atoms with Crippen LogP contribution in [-0.2, 0) is 24.7 Å². The molecule has 0 aromatic heterocycles. The molecule has 230 valence electrons. The van der Waals surface area contributed by atoms with Crippen LogP contribution in [0.3, 0.4) is 0 Å². The molecule has 1 spiro atoms. The highest BCUT2D eigenvalue weighted by molar-refractivity contribution is 6.91. The number of anilines is 2. The van der Waals surface area contributed by atoms with E-state index in [1.807, 2.05) is 30.3 Å². The molecular weight excluding hydrogens is 566 g/mol. The van der Waals surface area contributed by atoms with Gasteiger partial charge in [0.25, 0.3) is 5.91 Å². The van der Waals surface area contributed by atoms with Gasteiger partial charge in [0.2, 0.25) is 5.91 Å². The van der Waals surface area contributed by atoms with Crippen LogP contribution < -0.4 is 19.7 Å². The predicted octanol–water partition coefficient (Wildman–Crippen LogP) is 3.22. The number of aliphatic hydroxyl groups excluding tert-OH is 1. The number of hydrogen-bond donors (Lipinski definition) is 1. The Kier molecular flexibility index (Phi) is 7.54. The molecule has 2 aromatic rings. The number of cyclic esters (lactones) is 1. The molecule has 43 heavy (non-hydrogen) atoms. The van der Waals surface area contributed by atoms with Crippen LogP contribution in [0.5, 0.6) is 5.75 Å². The maximum Gasteiger partial charge on any atom is 0.414 e. The van der Waals surface area contributed by atoms with Gasteiger partial charge in [0.1, 0.15) is 12.4 Å². The molecule has 4 aliphatic rings. The van der Waals surface area contributed by atoms with E-state index in [0.29, 0.717) is 25.4 Å². The van der Waals surface area contributed by atoms with Crippen molar-refractivity contribution in [2.45, 2.75) is 62.6 Å². The molecule has 0 unspecified atom stereocenters. The summed E-state index contributed by atoms with van der Waals surface area (Å²) in [5, 5.41) is 11.1. The first-order valence-electron chi connectivity index (χ1n) is 15.1. The molecule has 10 nitrogen and oxygen atoms in total. The maximum atomic E-state index is 14.3. The molecule has 3 saturated heterocycles. The molecule has 0 radical (unpaired) electrons. The van der Waals surface area contributed by atoms with Crippen LogP contribution in [0.15, 0.2) is 42.5 Å². The molecule has 3 fully saturated rings. The number of aliphatic hydroxyl groups is 1. The highest BCUT2D eigenvalue weighted by atomic mass is 28.3. The van der Waals surface area contributed by atoms with E-state index >= 15 is 0 Å². The topological polar surface area (TPSA) is 109 Å². The summed E-state index contributed by atoms with van der Waals surface area (Å²) < 4.78 is 17.6. The first-order chi connectivity index (χ1) is 20.5. The van der Waals surface area contributed by atoms with Crippen LogP contribution in [0.1, 0.15) is 31.7 Å². The van der Waals surface area contributed by atoms with E-state index in [4.69, 9.17) is 14.2 Å². The number of likely N-dealkylation sites (tertiary alicyclic amines) is 1. The number of likely N-dealkylation sites (N-methyl/N-ethyl adjacent to an activating group) is 1. The Labute approximate surface area is 253 Å². The Hall–Kier alpha value is -3.41. The van der Waals surface area contributed by atoms with Gasteiger partial charge in [-0.05, 0) is 48.7 Å². The van der Waals surface area contributed by atoms with Gasteiger partial charge in [0.05, 0.1) is 52.6 Å². The second-order valence-corrected chi connectivity index (χ2v) is 17.4. The molecule has 2 aromatic carbocycles. The normalized spacial score (nSPS) is 28.7. The number of nitrogens with zero attached hydrogens (tertiary/aromatic N) is 3. The molecule has 11 heteroatoms. The standard InChI is InChI=1S/C32H41N3O7Si/c1-20-29(43(4,5)24-11-9-23(40-3)10-12-24)27(18-28(37)34-14-6-7-22(34)19-36)42-32(20)25-17-21(35-15-16-41-31(35)39)8-13-26(25)33(2)30(32)38/h8-13,17,20,22,27,29,36H,6-7,14-16,18-19H2,1-5H3/t20-,22-,27+,29-,32+/m0/s1. The summed E-state index contributed by atoms with van der Waals surface area (Å²) in [5.41, 5.74) is 0.715. The van der Waals surface area contributed by atoms with Crippen LogP contribution in [0.2, 0.25) is 18.6 Å². The summed E-state index contributed by atoms with van der Waals surface area (Å²) in [5.74, 6) is 0.289. The molecule has 5 atom stereocenters. The quantitative estimate of drug-likeness (QED) is 0.482. The van der Waals surface area contributed by atoms with Crippen molar-refractivity contribution in [1.29, 1.82) is 0 Å². The minimum atomic E-state index is -2.41. The lowest BCUT2D eigenvalue weighted by Crippen LogP contribution is -2.52. The van der Waals surface area contributed by atoms with E-state index in [-0.39, 0.29) is 42.3 Å². The average molecular weight is 608 g/mol. The zero-order valence-electron chi connectivity index (χ0n) is 25.5. The van der Waals surface area contributed by atoms with E-state index in [0.717, 1.165) is 29.8 Å². The van der Waals surface area contributed by atoms with Crippen molar-refractivity contribution >= 4 is 42.5 Å². The number of benzene rings is 2. The first kappa shape index (κ1) is 29.6. The number of ether oxygens (including phenoxy) is 3. The summed E-state index contributed by atoms with van der Waals surface area (Å²) in [6.07, 6.45) is 0.837. The van der Waals surface area contributed by atoms with Gasteiger partial charge in [-0.15, -0.1) is 0 Å². The van der Waals surface area contributed by atoms with Crippen molar-refractivity contribution in [2.24, 2.45) is 5.92 Å². The number of carbonyl (C=O) groups excluding carboxylic acids is 3. The lowest BCUT2D eigenvalue weighted by Gasteiger charge is -2.37. The Morgan fingerprint density at radius 3 is 2.53 bits per heavy atom. The van der Waals surface area contributed by atoms with Crippen LogP contribution >= 0.6 is 0 Å². The second-order valence-electron chi connectivity index (χ2n) is 12.8. The number of methoxy groups -OCH3 is 1. The first-order valence-corrected chi connectivity index (χ1v) is 18.2. The van der Waals surface area contributed by atoms with Crippen molar-refractivity contribution in [1.82, 2.24) is 4.90 Å². The summed E-state index contributed by atoms with van der Waals surface area (Å²) in [6.45, 7) is 7.94. The molecule has 4 heterocycles. The number of rotatable bonds is 7. The fourth-order valence-corrected chi connectivity index (χ4v) is 12.1. The highest BCUT2D eigenvalue weighted by Gasteiger charge is 2.66. The molecule has 0 bridgehead atoms. The monoisotopic (exact) mass is 607 g/mol. The van der Waals surface area contributed by atoms with Gasteiger partial charge in [-0.2, -0.15) is 0 Å². The highest BCUT2D eigenvalue weighted by Crippen LogP contribution is 2.60. The second kappa shape index (κ2) is 10.9. The Bertz CT molecular complexity index is 1430. The fourth-order valence-electron chi connectivity index (χ4n) is 8.05. The largest absolute Gasteiger partial charge is 0.497 e. The minimum Gasteiger partial charge on any atom is -0.497 e. The molecule has 3 amide bonds. The smallest absolute Gasteiger partial charge is 0.414 e. The van der Waals surface area contributed by atoms with Gasteiger partial charge in [-0.25, -0.2) is 4.79 Å². The van der Waals surface area contributed by atoms with Gasteiger partial charge in [-0.3, -0.25) is 14.5 Å². The van der Waals surface area contributed by atoms with Crippen molar-refractivity contribution in [3.63, 3.8) is 0 Å². The van der Waals surface area contributed by atoms with E-state index in [1.165, 1.54) is 5.19 Å². The van der Waals surface area contributed by atoms with Gasteiger partial charge in [-0.1, -0.05) is 37.3 Å². The summed E-state index contributed by atoms with van der Waals surface area (Å²) in [6, 6.07) is 13.5. The minimum absolute atomic E-state index is 0.0529. The molecule has 0 saturated carbocycles. The average Bonchev–Trinajstić information content (AvgIpc) is 3.76.